The van der Waals surface area contributed by atoms with Crippen LogP contribution in [0.4, 0.5) is 0 Å². The molecule has 2 aliphatic rings. The van der Waals surface area contributed by atoms with E-state index in [1.54, 1.807) is 18.3 Å². The number of halogens is 1. The predicted molar refractivity (Wildman–Crippen MR) is 78.1 cm³/mol. The summed E-state index contributed by atoms with van der Waals surface area (Å²) in [5, 5.41) is 0.112. The fourth-order valence-electron chi connectivity index (χ4n) is 1.83. The van der Waals surface area contributed by atoms with Gasteiger partial charge in [0.25, 0.3) is 0 Å². The van der Waals surface area contributed by atoms with Gasteiger partial charge < -0.3 is 4.74 Å². The van der Waals surface area contributed by atoms with E-state index < -0.39 is 5.66 Å². The Kier molecular flexibility index (Phi) is 3.07. The van der Waals surface area contributed by atoms with Gasteiger partial charge in [0, 0.05) is 6.20 Å². The minimum Gasteiger partial charge on any atom is -0.477 e. The number of hydrogen-bond acceptors (Lipinski definition) is 7. The first-order chi connectivity index (χ1) is 9.65. The molecule has 1 unspecified atom stereocenters. The molecule has 1 aromatic heterocycles. The number of nitrogens with two attached hydrogens (primary N) is 1. The molecule has 7 nitrogen and oxygen atoms in total. The number of fused-ring (bicyclic) bond motifs is 1. The van der Waals surface area contributed by atoms with E-state index >= 15 is 0 Å². The summed E-state index contributed by atoms with van der Waals surface area (Å²) >= 11 is 6.12. The van der Waals surface area contributed by atoms with Crippen molar-refractivity contribution >= 4 is 34.8 Å². The minimum atomic E-state index is -1.26. The van der Waals surface area contributed by atoms with Crippen molar-refractivity contribution in [2.24, 2.45) is 25.7 Å². The quantitative estimate of drug-likeness (QED) is 0.898. The van der Waals surface area contributed by atoms with Crippen LogP contribution in [0.1, 0.15) is 12.5 Å². The first kappa shape index (κ1) is 12.9. The molecule has 0 saturated carbocycles. The van der Waals surface area contributed by atoms with Gasteiger partial charge in [-0.3, -0.25) is 5.73 Å². The molecular weight excluding hydrogens is 280 g/mol. The molecule has 0 spiro atoms. The van der Waals surface area contributed by atoms with Crippen molar-refractivity contribution in [3.8, 4) is 5.88 Å². The summed E-state index contributed by atoms with van der Waals surface area (Å²) in [4.78, 5) is 20.7. The molecule has 0 amide bonds. The third-order valence-electron chi connectivity index (χ3n) is 2.81. The molecular formula is C12H11ClN6O. The Morgan fingerprint density at radius 3 is 3.05 bits per heavy atom. The monoisotopic (exact) mass is 290 g/mol. The topological polar surface area (TPSA) is 97.6 Å². The molecule has 0 radical (unpaired) electrons. The molecule has 0 saturated heterocycles. The van der Waals surface area contributed by atoms with Crippen LogP contribution in [0.2, 0.25) is 0 Å². The van der Waals surface area contributed by atoms with Crippen molar-refractivity contribution < 1.29 is 4.74 Å². The van der Waals surface area contributed by atoms with Gasteiger partial charge in [-0.1, -0.05) is 11.6 Å². The number of aromatic nitrogens is 1. The minimum absolute atomic E-state index is 0.112. The lowest BCUT2D eigenvalue weighted by molar-refractivity contribution is 0.326. The summed E-state index contributed by atoms with van der Waals surface area (Å²) in [5.74, 6) is 1.10. The van der Waals surface area contributed by atoms with E-state index in [0.29, 0.717) is 29.7 Å². The summed E-state index contributed by atoms with van der Waals surface area (Å²) in [6, 6.07) is 3.56. The van der Waals surface area contributed by atoms with Crippen molar-refractivity contribution in [2.75, 3.05) is 6.61 Å². The van der Waals surface area contributed by atoms with Crippen molar-refractivity contribution in [1.82, 2.24) is 4.98 Å². The zero-order valence-corrected chi connectivity index (χ0v) is 11.4. The van der Waals surface area contributed by atoms with Gasteiger partial charge in [-0.15, -0.1) is 0 Å². The van der Waals surface area contributed by atoms with E-state index in [0.717, 1.165) is 0 Å². The summed E-state index contributed by atoms with van der Waals surface area (Å²) in [5.41, 5.74) is 5.36. The molecule has 0 bridgehead atoms. The van der Waals surface area contributed by atoms with Crippen molar-refractivity contribution in [3.05, 3.63) is 23.9 Å². The Bertz CT molecular complexity index is 680. The van der Waals surface area contributed by atoms with E-state index in [4.69, 9.17) is 22.1 Å². The number of hydrogen-bond donors (Lipinski definition) is 1. The molecule has 1 atom stereocenters. The van der Waals surface area contributed by atoms with E-state index in [1.807, 2.05) is 6.92 Å². The van der Waals surface area contributed by atoms with Crippen LogP contribution < -0.4 is 10.5 Å². The zero-order valence-electron chi connectivity index (χ0n) is 10.6. The van der Waals surface area contributed by atoms with Crippen LogP contribution in [0.25, 0.3) is 0 Å². The molecule has 20 heavy (non-hydrogen) atoms. The largest absolute Gasteiger partial charge is 0.477 e. The van der Waals surface area contributed by atoms with Crippen molar-refractivity contribution in [2.45, 2.75) is 12.6 Å². The van der Waals surface area contributed by atoms with E-state index in [-0.39, 0.29) is 5.17 Å². The number of aliphatic imine (C=N–C) groups is 4. The van der Waals surface area contributed by atoms with Crippen LogP contribution in [-0.4, -0.2) is 40.4 Å². The zero-order chi connectivity index (χ0) is 14.2. The Hall–Kier alpha value is -2.12. The van der Waals surface area contributed by atoms with Crippen LogP contribution in [-0.2, 0) is 0 Å². The van der Waals surface area contributed by atoms with Crippen LogP contribution in [0.5, 0.6) is 5.88 Å². The Morgan fingerprint density at radius 2 is 2.25 bits per heavy atom. The maximum Gasteiger partial charge on any atom is 0.224 e. The van der Waals surface area contributed by atoms with E-state index in [2.05, 4.69) is 25.0 Å². The van der Waals surface area contributed by atoms with Gasteiger partial charge in [-0.2, -0.15) is 0 Å². The lowest BCUT2D eigenvalue weighted by Crippen LogP contribution is -2.51. The maximum absolute atomic E-state index is 6.12. The maximum atomic E-state index is 6.12. The van der Waals surface area contributed by atoms with Crippen molar-refractivity contribution in [3.63, 3.8) is 0 Å². The van der Waals surface area contributed by atoms with Gasteiger partial charge in [0.2, 0.25) is 11.5 Å². The number of pyridine rings is 1. The summed E-state index contributed by atoms with van der Waals surface area (Å²) in [6.07, 6.45) is 2.96. The fourth-order valence-corrected chi connectivity index (χ4v) is 2.04. The number of nitrogens with zero attached hydrogens (tertiary/aromatic N) is 5. The molecule has 102 valence electrons. The molecule has 2 N–H and O–H groups in total. The second-order valence-electron chi connectivity index (χ2n) is 4.09. The van der Waals surface area contributed by atoms with E-state index in [9.17, 15) is 0 Å². The molecule has 0 aliphatic carbocycles. The molecule has 0 fully saturated rings. The number of rotatable bonds is 3. The van der Waals surface area contributed by atoms with Gasteiger partial charge in [-0.05, 0) is 19.1 Å². The van der Waals surface area contributed by atoms with Crippen LogP contribution in [0.3, 0.4) is 0 Å². The average Bonchev–Trinajstić information content (AvgIpc) is 2.83. The fraction of sp³-hybridized carbons (Fsp3) is 0.250. The highest BCUT2D eigenvalue weighted by atomic mass is 35.5. The number of ether oxygens (including phenoxy) is 1. The first-order valence-electron chi connectivity index (χ1n) is 5.97. The summed E-state index contributed by atoms with van der Waals surface area (Å²) < 4.78 is 5.46. The van der Waals surface area contributed by atoms with Crippen LogP contribution >= 0.6 is 11.6 Å². The highest BCUT2D eigenvalue weighted by Crippen LogP contribution is 2.25. The van der Waals surface area contributed by atoms with Crippen LogP contribution in [0.15, 0.2) is 38.3 Å². The molecule has 3 rings (SSSR count). The molecule has 2 aliphatic heterocycles. The second-order valence-corrected chi connectivity index (χ2v) is 4.45. The normalized spacial score (nSPS) is 23.9. The van der Waals surface area contributed by atoms with E-state index in [1.165, 1.54) is 6.34 Å². The van der Waals surface area contributed by atoms with Gasteiger partial charge in [0.05, 0.1) is 12.2 Å². The van der Waals surface area contributed by atoms with Crippen LogP contribution in [0, 0.1) is 0 Å². The predicted octanol–water partition coefficient (Wildman–Crippen LogP) is 0.973. The third-order valence-corrected chi connectivity index (χ3v) is 3.18. The molecule has 1 aromatic rings. The lowest BCUT2D eigenvalue weighted by atomic mass is 10.1. The van der Waals surface area contributed by atoms with Gasteiger partial charge in [-0.25, -0.2) is 25.0 Å². The third kappa shape index (κ3) is 1.91. The molecule has 3 heterocycles. The second kappa shape index (κ2) is 4.77. The smallest absolute Gasteiger partial charge is 0.224 e. The lowest BCUT2D eigenvalue weighted by Gasteiger charge is -2.23. The highest BCUT2D eigenvalue weighted by molar-refractivity contribution is 6.71. The summed E-state index contributed by atoms with van der Waals surface area (Å²) in [7, 11) is 0. The standard InChI is InChI=1S/C12H11ClN6O/c1-2-20-9-7(4-3-5-15-9)8-18-10(13)12(14)11(19-8)16-6-17-12/h3-6H,2,14H2,1H3. The SMILES string of the molecule is CCOc1ncccc1C1=NC2=NC=NC2(N)C(Cl)=N1. The first-order valence-corrected chi connectivity index (χ1v) is 6.35. The van der Waals surface area contributed by atoms with Gasteiger partial charge in [0.1, 0.15) is 6.34 Å². The van der Waals surface area contributed by atoms with Gasteiger partial charge >= 0.3 is 0 Å². The number of amidine groups is 2. The van der Waals surface area contributed by atoms with Crippen molar-refractivity contribution in [1.29, 1.82) is 0 Å². The Morgan fingerprint density at radius 1 is 1.40 bits per heavy atom. The molecule has 0 aromatic carbocycles. The average molecular weight is 291 g/mol. The summed E-state index contributed by atoms with van der Waals surface area (Å²) in [6.45, 7) is 2.36. The Balaban J connectivity index is 2.07. The Labute approximate surface area is 120 Å². The van der Waals surface area contributed by atoms with Gasteiger partial charge in [0.15, 0.2) is 16.8 Å². The highest BCUT2D eigenvalue weighted by Gasteiger charge is 2.42. The molecule has 8 heteroatoms.